The number of ether oxygens (including phenoxy) is 2. The van der Waals surface area contributed by atoms with Crippen molar-refractivity contribution in [2.75, 3.05) is 13.2 Å². The van der Waals surface area contributed by atoms with Gasteiger partial charge in [-0.25, -0.2) is 4.57 Å². The summed E-state index contributed by atoms with van der Waals surface area (Å²) >= 11 is 0. The van der Waals surface area contributed by atoms with Gasteiger partial charge in [-0.1, -0.05) is 127 Å². The number of carbonyl (C=O) groups is 2. The van der Waals surface area contributed by atoms with Gasteiger partial charge in [-0.2, -0.15) is 0 Å². The van der Waals surface area contributed by atoms with Crippen molar-refractivity contribution in [3.8, 4) is 0 Å². The van der Waals surface area contributed by atoms with Gasteiger partial charge in [-0.15, -0.1) is 0 Å². The van der Waals surface area contributed by atoms with E-state index < -0.39 is 32.5 Å². The second kappa shape index (κ2) is 34.1. The van der Waals surface area contributed by atoms with Crippen LogP contribution in [-0.4, -0.2) is 41.0 Å². The van der Waals surface area contributed by atoms with Crippen LogP contribution in [0.5, 0.6) is 0 Å². The van der Waals surface area contributed by atoms with Crippen molar-refractivity contribution < 1.29 is 37.9 Å². The normalized spacial score (nSPS) is 12.9. The summed E-state index contributed by atoms with van der Waals surface area (Å²) in [6.45, 7) is 3.62. The summed E-state index contributed by atoms with van der Waals surface area (Å²) in [5.74, 6) is -0.912. The van der Waals surface area contributed by atoms with Crippen molar-refractivity contribution in [3.05, 3.63) is 36.5 Å². The molecular formula is C38H69O8P. The van der Waals surface area contributed by atoms with Gasteiger partial charge in [0.15, 0.2) is 6.10 Å². The molecule has 1 atom stereocenters. The van der Waals surface area contributed by atoms with Crippen LogP contribution in [0, 0.1) is 0 Å². The van der Waals surface area contributed by atoms with Gasteiger partial charge in [-0.05, 0) is 70.6 Å². The Bertz CT molecular complexity index is 864. The molecule has 9 heteroatoms. The van der Waals surface area contributed by atoms with E-state index in [2.05, 4.69) is 54.8 Å². The van der Waals surface area contributed by atoms with Gasteiger partial charge >= 0.3 is 19.8 Å². The lowest BCUT2D eigenvalue weighted by Crippen LogP contribution is -2.29. The average molecular weight is 685 g/mol. The fourth-order valence-electron chi connectivity index (χ4n) is 5.04. The summed E-state index contributed by atoms with van der Waals surface area (Å²) in [4.78, 5) is 42.7. The third-order valence-corrected chi connectivity index (χ3v) is 8.37. The van der Waals surface area contributed by atoms with Gasteiger partial charge in [0.25, 0.3) is 0 Å². The van der Waals surface area contributed by atoms with Gasteiger partial charge in [0, 0.05) is 12.8 Å². The molecule has 2 N–H and O–H groups in total. The molecule has 0 radical (unpaired) electrons. The quantitative estimate of drug-likeness (QED) is 0.0297. The molecule has 0 fully saturated rings. The lowest BCUT2D eigenvalue weighted by Gasteiger charge is -2.18. The third-order valence-electron chi connectivity index (χ3n) is 7.88. The Morgan fingerprint density at radius 2 is 0.957 bits per heavy atom. The highest BCUT2D eigenvalue weighted by molar-refractivity contribution is 7.46. The molecule has 0 bridgehead atoms. The molecule has 47 heavy (non-hydrogen) atoms. The number of hydrogen-bond donors (Lipinski definition) is 2. The number of phosphoric acid groups is 1. The molecule has 0 aromatic rings. The highest BCUT2D eigenvalue weighted by Gasteiger charge is 2.22. The summed E-state index contributed by atoms with van der Waals surface area (Å²) < 4.78 is 26.3. The molecule has 0 saturated heterocycles. The van der Waals surface area contributed by atoms with E-state index in [1.807, 2.05) is 0 Å². The largest absolute Gasteiger partial charge is 0.469 e. The Balaban J connectivity index is 4.01. The lowest BCUT2D eigenvalue weighted by atomic mass is 10.1. The first kappa shape index (κ1) is 45.3. The molecule has 0 amide bonds. The molecule has 0 aromatic carbocycles. The van der Waals surface area contributed by atoms with Crippen LogP contribution in [0.25, 0.3) is 0 Å². The standard InChI is InChI=1S/C38H69O8P/c1-3-5-7-9-11-13-15-17-18-19-21-23-25-27-29-31-33-38(40)46-36(35-45-47(41,42)43)34-44-37(39)32-30-28-26-24-22-20-16-14-12-10-8-6-4-2/h13-16,18-19,36H,3-12,17,20-35H2,1-2H3,(H2,41,42,43)/b15-13-,16-14-,19-18-. The summed E-state index contributed by atoms with van der Waals surface area (Å²) in [6.07, 6.45) is 38.6. The second-order valence-corrected chi connectivity index (χ2v) is 13.8. The van der Waals surface area contributed by atoms with Crippen molar-refractivity contribution in [1.82, 2.24) is 0 Å². The second-order valence-electron chi connectivity index (χ2n) is 12.5. The molecule has 0 aromatic heterocycles. The van der Waals surface area contributed by atoms with Crippen molar-refractivity contribution in [1.29, 1.82) is 0 Å². The van der Waals surface area contributed by atoms with E-state index in [9.17, 15) is 14.2 Å². The number of allylic oxidation sites excluding steroid dienone is 6. The van der Waals surface area contributed by atoms with Gasteiger partial charge < -0.3 is 19.3 Å². The van der Waals surface area contributed by atoms with Crippen molar-refractivity contribution in [2.45, 2.75) is 180 Å². The molecule has 0 aliphatic rings. The van der Waals surface area contributed by atoms with Gasteiger partial charge in [0.05, 0.1) is 6.61 Å². The highest BCUT2D eigenvalue weighted by atomic mass is 31.2. The molecule has 8 nitrogen and oxygen atoms in total. The minimum atomic E-state index is -4.75. The Kier molecular flexibility index (Phi) is 32.9. The van der Waals surface area contributed by atoms with Crippen molar-refractivity contribution >= 4 is 19.8 Å². The number of carbonyl (C=O) groups excluding carboxylic acids is 2. The van der Waals surface area contributed by atoms with Crippen LogP contribution in [-0.2, 0) is 28.2 Å². The van der Waals surface area contributed by atoms with Crippen LogP contribution >= 0.6 is 7.82 Å². The van der Waals surface area contributed by atoms with E-state index in [0.29, 0.717) is 12.8 Å². The molecule has 1 unspecified atom stereocenters. The van der Waals surface area contributed by atoms with Crippen molar-refractivity contribution in [2.24, 2.45) is 0 Å². The number of esters is 2. The number of hydrogen-bond acceptors (Lipinski definition) is 6. The van der Waals surface area contributed by atoms with Gasteiger partial charge in [-0.3, -0.25) is 14.1 Å². The summed E-state index contributed by atoms with van der Waals surface area (Å²) in [7, 11) is -4.75. The Labute approximate surface area is 287 Å². The zero-order chi connectivity index (χ0) is 34.7. The SMILES string of the molecule is CCCCCC/C=C\C/C=C\CCCCCCCC(=O)OC(COC(=O)CCCCCCC/C=C\CCCCCC)COP(=O)(O)O. The van der Waals surface area contributed by atoms with Crippen LogP contribution in [0.15, 0.2) is 36.5 Å². The zero-order valence-corrected chi connectivity index (χ0v) is 30.8. The number of phosphoric ester groups is 1. The molecule has 0 heterocycles. The number of unbranched alkanes of at least 4 members (excludes halogenated alkanes) is 18. The first-order valence-corrected chi connectivity index (χ1v) is 20.3. The first-order valence-electron chi connectivity index (χ1n) is 18.8. The maximum atomic E-state index is 12.3. The molecule has 0 spiro atoms. The van der Waals surface area contributed by atoms with E-state index in [4.69, 9.17) is 19.3 Å². The van der Waals surface area contributed by atoms with E-state index in [1.54, 1.807) is 0 Å². The predicted octanol–water partition coefficient (Wildman–Crippen LogP) is 11.0. The topological polar surface area (TPSA) is 119 Å². The smallest absolute Gasteiger partial charge is 0.462 e. The Morgan fingerprint density at radius 3 is 1.43 bits per heavy atom. The molecule has 0 rings (SSSR count). The fourth-order valence-corrected chi connectivity index (χ4v) is 5.40. The maximum Gasteiger partial charge on any atom is 0.469 e. The minimum absolute atomic E-state index is 0.194. The van der Waals surface area contributed by atoms with E-state index >= 15 is 0 Å². The number of rotatable bonds is 34. The minimum Gasteiger partial charge on any atom is -0.462 e. The van der Waals surface area contributed by atoms with Crippen LogP contribution in [0.4, 0.5) is 0 Å². The zero-order valence-electron chi connectivity index (χ0n) is 29.9. The maximum absolute atomic E-state index is 12.3. The van der Waals surface area contributed by atoms with Crippen molar-refractivity contribution in [3.63, 3.8) is 0 Å². The fraction of sp³-hybridized carbons (Fsp3) is 0.789. The molecular weight excluding hydrogens is 615 g/mol. The van der Waals surface area contributed by atoms with Crippen LogP contribution < -0.4 is 0 Å². The van der Waals surface area contributed by atoms with Gasteiger partial charge in [0.2, 0.25) is 0 Å². The Hall–Kier alpha value is -1.73. The molecule has 0 aliphatic heterocycles. The highest BCUT2D eigenvalue weighted by Crippen LogP contribution is 2.36. The average Bonchev–Trinajstić information content (AvgIpc) is 3.03. The van der Waals surface area contributed by atoms with E-state index in [1.165, 1.54) is 64.2 Å². The Morgan fingerprint density at radius 1 is 0.553 bits per heavy atom. The van der Waals surface area contributed by atoms with Gasteiger partial charge in [0.1, 0.15) is 6.61 Å². The third kappa shape index (κ3) is 36.9. The van der Waals surface area contributed by atoms with Crippen LogP contribution in [0.1, 0.15) is 174 Å². The summed E-state index contributed by atoms with van der Waals surface area (Å²) in [5.41, 5.74) is 0. The van der Waals surface area contributed by atoms with E-state index in [-0.39, 0.29) is 19.4 Å². The molecule has 0 aliphatic carbocycles. The van der Waals surface area contributed by atoms with Crippen LogP contribution in [0.3, 0.4) is 0 Å². The predicted molar refractivity (Wildman–Crippen MR) is 193 cm³/mol. The summed E-state index contributed by atoms with van der Waals surface area (Å²) in [6, 6.07) is 0. The molecule has 0 saturated carbocycles. The first-order chi connectivity index (χ1) is 22.8. The lowest BCUT2D eigenvalue weighted by molar-refractivity contribution is -0.161. The monoisotopic (exact) mass is 684 g/mol. The summed E-state index contributed by atoms with van der Waals surface area (Å²) in [5, 5.41) is 0. The van der Waals surface area contributed by atoms with Crippen LogP contribution in [0.2, 0.25) is 0 Å². The molecule has 274 valence electrons. The van der Waals surface area contributed by atoms with E-state index in [0.717, 1.165) is 70.6 Å².